The quantitative estimate of drug-likeness (QED) is 0.740. The largest absolute Gasteiger partial charge is 0.385 e. The highest BCUT2D eigenvalue weighted by Crippen LogP contribution is 2.22. The zero-order valence-corrected chi connectivity index (χ0v) is 10.1. The van der Waals surface area contributed by atoms with E-state index >= 15 is 0 Å². The molecule has 0 aliphatic carbocycles. The van der Waals surface area contributed by atoms with Crippen molar-refractivity contribution in [2.45, 2.75) is 18.9 Å². The van der Waals surface area contributed by atoms with E-state index in [-0.39, 0.29) is 5.54 Å². The van der Waals surface area contributed by atoms with Gasteiger partial charge < -0.3 is 10.5 Å². The van der Waals surface area contributed by atoms with Crippen molar-refractivity contribution in [2.75, 3.05) is 44.9 Å². The second-order valence-electron chi connectivity index (χ2n) is 4.04. The van der Waals surface area contributed by atoms with Crippen LogP contribution in [0.25, 0.3) is 0 Å². The van der Waals surface area contributed by atoms with Gasteiger partial charge in [-0.3, -0.25) is 4.90 Å². The van der Waals surface area contributed by atoms with Gasteiger partial charge in [0.25, 0.3) is 0 Å². The summed E-state index contributed by atoms with van der Waals surface area (Å²) in [7, 11) is 1.75. The third-order valence-electron chi connectivity index (χ3n) is 3.06. The summed E-state index contributed by atoms with van der Waals surface area (Å²) in [6, 6.07) is 0. The summed E-state index contributed by atoms with van der Waals surface area (Å²) in [6.07, 6.45) is 1.03. The van der Waals surface area contributed by atoms with Crippen LogP contribution in [-0.2, 0) is 4.74 Å². The number of rotatable bonds is 5. The molecular formula is C10H22N2OS. The lowest BCUT2D eigenvalue weighted by Crippen LogP contribution is -2.55. The molecule has 1 atom stereocenters. The van der Waals surface area contributed by atoms with E-state index in [0.717, 1.165) is 19.6 Å². The highest BCUT2D eigenvalue weighted by Gasteiger charge is 2.30. The Labute approximate surface area is 91.4 Å². The Balaban J connectivity index is 2.47. The monoisotopic (exact) mass is 218 g/mol. The molecule has 0 spiro atoms. The van der Waals surface area contributed by atoms with Crippen molar-refractivity contribution in [3.05, 3.63) is 0 Å². The third-order valence-corrected chi connectivity index (χ3v) is 4.00. The van der Waals surface area contributed by atoms with E-state index in [2.05, 4.69) is 11.8 Å². The van der Waals surface area contributed by atoms with Crippen molar-refractivity contribution in [3.8, 4) is 0 Å². The fourth-order valence-electron chi connectivity index (χ4n) is 1.81. The van der Waals surface area contributed by atoms with E-state index in [4.69, 9.17) is 10.5 Å². The molecule has 0 aromatic rings. The normalized spacial score (nSPS) is 23.4. The standard InChI is InChI=1S/C10H22N2OS/c1-10(9-11,3-6-13-2)12-4-7-14-8-5-12/h3-9,11H2,1-2H3. The maximum absolute atomic E-state index is 5.87. The van der Waals surface area contributed by atoms with Crippen LogP contribution in [0.5, 0.6) is 0 Å². The van der Waals surface area contributed by atoms with Gasteiger partial charge in [0, 0.05) is 50.4 Å². The molecule has 0 aromatic heterocycles. The predicted molar refractivity (Wildman–Crippen MR) is 62.9 cm³/mol. The lowest BCUT2D eigenvalue weighted by atomic mass is 9.96. The number of ether oxygens (including phenoxy) is 1. The number of methoxy groups -OCH3 is 1. The average Bonchev–Trinajstić information content (AvgIpc) is 2.27. The predicted octanol–water partition coefficient (Wildman–Crippen LogP) is 0.789. The van der Waals surface area contributed by atoms with Crippen LogP contribution < -0.4 is 5.73 Å². The third kappa shape index (κ3) is 3.12. The lowest BCUT2D eigenvalue weighted by Gasteiger charge is -2.42. The summed E-state index contributed by atoms with van der Waals surface area (Å²) in [4.78, 5) is 2.52. The SMILES string of the molecule is COCCC(C)(CN)N1CCSCC1. The number of nitrogens with two attached hydrogens (primary N) is 1. The Morgan fingerprint density at radius 1 is 1.43 bits per heavy atom. The first-order chi connectivity index (χ1) is 6.73. The van der Waals surface area contributed by atoms with Crippen LogP contribution in [0.2, 0.25) is 0 Å². The van der Waals surface area contributed by atoms with Gasteiger partial charge in [-0.15, -0.1) is 0 Å². The summed E-state index contributed by atoms with van der Waals surface area (Å²) < 4.78 is 5.14. The number of nitrogens with zero attached hydrogens (tertiary/aromatic N) is 1. The average molecular weight is 218 g/mol. The molecule has 3 nitrogen and oxygen atoms in total. The van der Waals surface area contributed by atoms with Crippen molar-refractivity contribution < 1.29 is 4.74 Å². The van der Waals surface area contributed by atoms with Crippen molar-refractivity contribution in [2.24, 2.45) is 5.73 Å². The Hall–Kier alpha value is 0.230. The van der Waals surface area contributed by atoms with Gasteiger partial charge in [-0.25, -0.2) is 0 Å². The Kier molecular flexibility index (Phi) is 5.23. The Morgan fingerprint density at radius 3 is 2.57 bits per heavy atom. The second-order valence-corrected chi connectivity index (χ2v) is 5.27. The fraction of sp³-hybridized carbons (Fsp3) is 1.00. The van der Waals surface area contributed by atoms with Gasteiger partial charge in [0.15, 0.2) is 0 Å². The molecule has 0 amide bonds. The molecule has 4 heteroatoms. The molecule has 0 bridgehead atoms. The maximum Gasteiger partial charge on any atom is 0.0480 e. The van der Waals surface area contributed by atoms with Crippen LogP contribution in [-0.4, -0.2) is 55.3 Å². The van der Waals surface area contributed by atoms with E-state index in [0.29, 0.717) is 0 Å². The minimum Gasteiger partial charge on any atom is -0.385 e. The van der Waals surface area contributed by atoms with Gasteiger partial charge in [0.2, 0.25) is 0 Å². The molecule has 2 N–H and O–H groups in total. The highest BCUT2D eigenvalue weighted by atomic mass is 32.2. The maximum atomic E-state index is 5.87. The van der Waals surface area contributed by atoms with E-state index < -0.39 is 0 Å². The molecule has 0 saturated carbocycles. The van der Waals surface area contributed by atoms with Gasteiger partial charge in [-0.1, -0.05) is 0 Å². The fourth-order valence-corrected chi connectivity index (χ4v) is 2.72. The summed E-state index contributed by atoms with van der Waals surface area (Å²) in [5, 5.41) is 0. The number of hydrogen-bond donors (Lipinski definition) is 1. The summed E-state index contributed by atoms with van der Waals surface area (Å²) in [5.74, 6) is 2.48. The van der Waals surface area contributed by atoms with Crippen molar-refractivity contribution in [1.82, 2.24) is 4.90 Å². The van der Waals surface area contributed by atoms with Crippen molar-refractivity contribution >= 4 is 11.8 Å². The first-order valence-corrected chi connectivity index (χ1v) is 6.40. The molecule has 1 unspecified atom stereocenters. The van der Waals surface area contributed by atoms with Gasteiger partial charge in [0.05, 0.1) is 0 Å². The molecule has 0 aromatic carbocycles. The van der Waals surface area contributed by atoms with Crippen LogP contribution in [0, 0.1) is 0 Å². The van der Waals surface area contributed by atoms with E-state index in [1.54, 1.807) is 7.11 Å². The highest BCUT2D eigenvalue weighted by molar-refractivity contribution is 7.99. The van der Waals surface area contributed by atoms with E-state index in [1.165, 1.54) is 24.6 Å². The molecule has 84 valence electrons. The van der Waals surface area contributed by atoms with Crippen LogP contribution >= 0.6 is 11.8 Å². The summed E-state index contributed by atoms with van der Waals surface area (Å²) in [5.41, 5.74) is 6.01. The molecule has 1 heterocycles. The molecule has 14 heavy (non-hydrogen) atoms. The van der Waals surface area contributed by atoms with Gasteiger partial charge in [-0.2, -0.15) is 11.8 Å². The topological polar surface area (TPSA) is 38.5 Å². The minimum absolute atomic E-state index is 0.136. The smallest absolute Gasteiger partial charge is 0.0480 e. The summed E-state index contributed by atoms with van der Waals surface area (Å²) in [6.45, 7) is 6.12. The zero-order valence-electron chi connectivity index (χ0n) is 9.29. The van der Waals surface area contributed by atoms with Crippen LogP contribution in [0.15, 0.2) is 0 Å². The Morgan fingerprint density at radius 2 is 2.07 bits per heavy atom. The van der Waals surface area contributed by atoms with Crippen molar-refractivity contribution in [3.63, 3.8) is 0 Å². The molecule has 1 fully saturated rings. The van der Waals surface area contributed by atoms with Gasteiger partial charge in [0.1, 0.15) is 0 Å². The van der Waals surface area contributed by atoms with Crippen molar-refractivity contribution in [1.29, 1.82) is 0 Å². The molecule has 1 saturated heterocycles. The first-order valence-electron chi connectivity index (χ1n) is 5.25. The molecule has 1 aliphatic rings. The first kappa shape index (κ1) is 12.3. The summed E-state index contributed by atoms with van der Waals surface area (Å²) >= 11 is 2.04. The van der Waals surface area contributed by atoms with Crippen LogP contribution in [0.1, 0.15) is 13.3 Å². The second kappa shape index (κ2) is 5.95. The van der Waals surface area contributed by atoms with Gasteiger partial charge >= 0.3 is 0 Å². The number of hydrogen-bond acceptors (Lipinski definition) is 4. The molecule has 0 radical (unpaired) electrons. The van der Waals surface area contributed by atoms with Crippen LogP contribution in [0.4, 0.5) is 0 Å². The Bertz CT molecular complexity index is 162. The molecule has 1 rings (SSSR count). The van der Waals surface area contributed by atoms with Gasteiger partial charge in [-0.05, 0) is 13.3 Å². The van der Waals surface area contributed by atoms with Crippen LogP contribution in [0.3, 0.4) is 0 Å². The molecular weight excluding hydrogens is 196 g/mol. The van der Waals surface area contributed by atoms with E-state index in [1.807, 2.05) is 11.8 Å². The lowest BCUT2D eigenvalue weighted by molar-refractivity contribution is 0.0767. The minimum atomic E-state index is 0.136. The zero-order chi connectivity index (χ0) is 10.4. The van der Waals surface area contributed by atoms with E-state index in [9.17, 15) is 0 Å². The number of thioether (sulfide) groups is 1. The molecule has 1 aliphatic heterocycles.